The van der Waals surface area contributed by atoms with E-state index in [4.69, 9.17) is 9.47 Å². The van der Waals surface area contributed by atoms with Gasteiger partial charge in [-0.1, -0.05) is 6.07 Å². The second kappa shape index (κ2) is 10.1. The largest absolute Gasteiger partial charge is 0.493 e. The number of hydrogen-bond acceptors (Lipinski definition) is 8. The Morgan fingerprint density at radius 3 is 2.32 bits per heavy atom. The molecule has 0 aliphatic carbocycles. The summed E-state index contributed by atoms with van der Waals surface area (Å²) < 4.78 is 12.6. The highest BCUT2D eigenvalue weighted by Crippen LogP contribution is 2.36. The molecule has 0 radical (unpaired) electrons. The number of benzene rings is 2. The molecule has 1 fully saturated rings. The molecule has 190 valence electrons. The summed E-state index contributed by atoms with van der Waals surface area (Å²) in [6.45, 7) is 3.73. The zero-order chi connectivity index (χ0) is 25.9. The van der Waals surface area contributed by atoms with Gasteiger partial charge in [0.15, 0.2) is 17.3 Å². The number of carbonyl (C=O) groups excluding carboxylic acids is 2. The molecule has 1 aliphatic heterocycles. The van der Waals surface area contributed by atoms with Crippen molar-refractivity contribution in [2.24, 2.45) is 0 Å². The molecule has 11 heteroatoms. The Labute approximate surface area is 213 Å². The molecule has 1 saturated heterocycles. The molecular formula is C26H27N7O4. The normalized spacial score (nSPS) is 13.5. The number of amides is 2. The minimum Gasteiger partial charge on any atom is -0.493 e. The van der Waals surface area contributed by atoms with Crippen molar-refractivity contribution in [1.29, 1.82) is 0 Å². The summed E-state index contributed by atoms with van der Waals surface area (Å²) in [7, 11) is 3.20. The molecule has 2 amide bonds. The van der Waals surface area contributed by atoms with Crippen LogP contribution in [0.4, 0.5) is 16.3 Å². The van der Waals surface area contributed by atoms with Crippen LogP contribution in [-0.2, 0) is 0 Å². The smallest absolute Gasteiger partial charge is 0.321 e. The average molecular weight is 502 g/mol. The lowest BCUT2D eigenvalue weighted by molar-refractivity contribution is 0.101. The van der Waals surface area contributed by atoms with Crippen LogP contribution in [-0.4, -0.2) is 76.7 Å². The Bertz CT molecular complexity index is 1440. The van der Waals surface area contributed by atoms with E-state index in [9.17, 15) is 9.59 Å². The third kappa shape index (κ3) is 4.75. The Balaban J connectivity index is 1.36. The van der Waals surface area contributed by atoms with Gasteiger partial charge in [-0.25, -0.2) is 9.78 Å². The number of methoxy groups -OCH3 is 2. The van der Waals surface area contributed by atoms with Crippen LogP contribution in [0.25, 0.3) is 16.9 Å². The highest BCUT2D eigenvalue weighted by atomic mass is 16.5. The third-order valence-corrected chi connectivity index (χ3v) is 6.38. The second-order valence-electron chi connectivity index (χ2n) is 8.57. The number of anilines is 2. The Hall–Kier alpha value is -4.67. The fourth-order valence-corrected chi connectivity index (χ4v) is 4.39. The average Bonchev–Trinajstić information content (AvgIpc) is 3.41. The van der Waals surface area contributed by atoms with Gasteiger partial charge in [0.1, 0.15) is 12.1 Å². The highest BCUT2D eigenvalue weighted by molar-refractivity contribution is 5.95. The second-order valence-corrected chi connectivity index (χ2v) is 8.57. The molecule has 5 rings (SSSR count). The van der Waals surface area contributed by atoms with Gasteiger partial charge in [-0.3, -0.25) is 4.79 Å². The topological polar surface area (TPSA) is 114 Å². The molecule has 3 heterocycles. The molecule has 1 aliphatic rings. The van der Waals surface area contributed by atoms with Crippen molar-refractivity contribution in [3.8, 4) is 22.6 Å². The van der Waals surface area contributed by atoms with Crippen LogP contribution in [0.2, 0.25) is 0 Å². The number of carbonyl (C=O) groups is 2. The van der Waals surface area contributed by atoms with Crippen LogP contribution >= 0.6 is 0 Å². The minimum absolute atomic E-state index is 0.0148. The van der Waals surface area contributed by atoms with Crippen molar-refractivity contribution in [3.63, 3.8) is 0 Å². The van der Waals surface area contributed by atoms with Crippen molar-refractivity contribution in [1.82, 2.24) is 24.5 Å². The fourth-order valence-electron chi connectivity index (χ4n) is 4.39. The number of Topliss-reactive ketones (excluding diaryl/α,β-unsaturated/α-hetero) is 1. The summed E-state index contributed by atoms with van der Waals surface area (Å²) in [6, 6.07) is 12.4. The first kappa shape index (κ1) is 24.0. The molecule has 11 nitrogen and oxygen atoms in total. The van der Waals surface area contributed by atoms with Gasteiger partial charge in [-0.05, 0) is 48.9 Å². The van der Waals surface area contributed by atoms with Crippen LogP contribution in [0.3, 0.4) is 0 Å². The van der Waals surface area contributed by atoms with Gasteiger partial charge in [0.25, 0.3) is 5.78 Å². The molecule has 2 aromatic carbocycles. The molecule has 4 aromatic rings. The van der Waals surface area contributed by atoms with E-state index in [0.29, 0.717) is 54.7 Å². The lowest BCUT2D eigenvalue weighted by Crippen LogP contribution is -2.50. The van der Waals surface area contributed by atoms with Gasteiger partial charge >= 0.3 is 6.03 Å². The van der Waals surface area contributed by atoms with E-state index >= 15 is 0 Å². The van der Waals surface area contributed by atoms with Crippen LogP contribution < -0.4 is 19.7 Å². The summed E-state index contributed by atoms with van der Waals surface area (Å²) in [5.74, 6) is 2.57. The van der Waals surface area contributed by atoms with E-state index in [0.717, 1.165) is 16.9 Å². The number of ether oxygens (including phenoxy) is 2. The van der Waals surface area contributed by atoms with Gasteiger partial charge in [0, 0.05) is 49.2 Å². The lowest BCUT2D eigenvalue weighted by atomic mass is 10.1. The standard InChI is InChI=1S/C26H27N7O4/c1-17(34)18-4-7-20(8-5-18)30-26(35)32-12-10-31(11-13-32)24-21(15-27-25-28-16-29-33(24)25)19-6-9-22(36-2)23(14-19)37-3/h4-9,14-16H,10-13H2,1-3H3,(H,30,35). The summed E-state index contributed by atoms with van der Waals surface area (Å²) >= 11 is 0. The van der Waals surface area contributed by atoms with Gasteiger partial charge in [0.2, 0.25) is 0 Å². The molecule has 1 N–H and O–H groups in total. The number of aromatic nitrogens is 4. The minimum atomic E-state index is -0.184. The van der Waals surface area contributed by atoms with E-state index < -0.39 is 0 Å². The number of rotatable bonds is 6. The van der Waals surface area contributed by atoms with E-state index in [2.05, 4.69) is 25.3 Å². The quantitative estimate of drug-likeness (QED) is 0.400. The number of nitrogens with one attached hydrogen (secondary N) is 1. The first-order chi connectivity index (χ1) is 18.0. The molecule has 0 spiro atoms. The van der Waals surface area contributed by atoms with Crippen molar-refractivity contribution < 1.29 is 19.1 Å². The predicted octanol–water partition coefficient (Wildman–Crippen LogP) is 3.37. The molecule has 0 bridgehead atoms. The maximum Gasteiger partial charge on any atom is 0.321 e. The van der Waals surface area contributed by atoms with Crippen molar-refractivity contribution in [2.45, 2.75) is 6.92 Å². The SMILES string of the molecule is COc1ccc(-c2cnc3ncnn3c2N2CCN(C(=O)Nc3ccc(C(C)=O)cc3)CC2)cc1OC. The molecule has 37 heavy (non-hydrogen) atoms. The van der Waals surface area contributed by atoms with Crippen molar-refractivity contribution in [3.05, 3.63) is 60.6 Å². The summed E-state index contributed by atoms with van der Waals surface area (Å²) in [6.07, 6.45) is 3.26. The number of nitrogens with zero attached hydrogens (tertiary/aromatic N) is 6. The monoisotopic (exact) mass is 501 g/mol. The number of ketones is 1. The molecule has 0 atom stereocenters. The van der Waals surface area contributed by atoms with Gasteiger partial charge in [0.05, 0.1) is 14.2 Å². The zero-order valence-electron chi connectivity index (χ0n) is 20.8. The molecule has 2 aromatic heterocycles. The fraction of sp³-hybridized carbons (Fsp3) is 0.269. The number of urea groups is 1. The lowest BCUT2D eigenvalue weighted by Gasteiger charge is -2.36. The maximum absolute atomic E-state index is 12.9. The van der Waals surface area contributed by atoms with E-state index in [1.807, 2.05) is 18.2 Å². The summed E-state index contributed by atoms with van der Waals surface area (Å²) in [5, 5.41) is 7.33. The highest BCUT2D eigenvalue weighted by Gasteiger charge is 2.26. The van der Waals surface area contributed by atoms with Gasteiger partial charge in [-0.15, -0.1) is 0 Å². The van der Waals surface area contributed by atoms with Crippen LogP contribution in [0.5, 0.6) is 11.5 Å². The Kier molecular flexibility index (Phi) is 6.59. The van der Waals surface area contributed by atoms with Gasteiger partial charge < -0.3 is 24.6 Å². The summed E-state index contributed by atoms with van der Waals surface area (Å²) in [5.41, 5.74) is 3.01. The number of piperazine rings is 1. The van der Waals surface area contributed by atoms with E-state index in [1.54, 1.807) is 54.1 Å². The molecule has 0 saturated carbocycles. The number of fused-ring (bicyclic) bond motifs is 1. The molecular weight excluding hydrogens is 474 g/mol. The Morgan fingerprint density at radius 1 is 0.919 bits per heavy atom. The zero-order valence-corrected chi connectivity index (χ0v) is 20.8. The van der Waals surface area contributed by atoms with E-state index in [1.165, 1.54) is 13.3 Å². The Morgan fingerprint density at radius 2 is 1.65 bits per heavy atom. The van der Waals surface area contributed by atoms with Crippen LogP contribution in [0.15, 0.2) is 55.0 Å². The third-order valence-electron chi connectivity index (χ3n) is 6.38. The number of hydrogen-bond donors (Lipinski definition) is 1. The summed E-state index contributed by atoms with van der Waals surface area (Å²) in [4.78, 5) is 37.0. The van der Waals surface area contributed by atoms with Gasteiger partial charge in [-0.2, -0.15) is 14.6 Å². The van der Waals surface area contributed by atoms with Crippen LogP contribution in [0, 0.1) is 0 Å². The van der Waals surface area contributed by atoms with E-state index in [-0.39, 0.29) is 11.8 Å². The van der Waals surface area contributed by atoms with Crippen LogP contribution in [0.1, 0.15) is 17.3 Å². The first-order valence-corrected chi connectivity index (χ1v) is 11.8. The van der Waals surface area contributed by atoms with Crippen molar-refractivity contribution >= 4 is 29.1 Å². The maximum atomic E-state index is 12.9. The first-order valence-electron chi connectivity index (χ1n) is 11.8. The predicted molar refractivity (Wildman–Crippen MR) is 139 cm³/mol. The molecule has 0 unspecified atom stereocenters. The van der Waals surface area contributed by atoms with Crippen molar-refractivity contribution in [2.75, 3.05) is 50.6 Å².